The van der Waals surface area contributed by atoms with Gasteiger partial charge in [0.05, 0.1) is 23.8 Å². The van der Waals surface area contributed by atoms with Crippen molar-refractivity contribution in [3.8, 4) is 6.07 Å². The van der Waals surface area contributed by atoms with Gasteiger partial charge in [-0.1, -0.05) is 17.7 Å². The molecule has 0 bridgehead atoms. The Hall–Kier alpha value is -3.37. The molecule has 0 aromatic carbocycles. The molecule has 43 heavy (non-hydrogen) atoms. The first-order chi connectivity index (χ1) is 20.8. The third-order valence-electron chi connectivity index (χ3n) is 8.05. The van der Waals surface area contributed by atoms with Crippen molar-refractivity contribution in [1.82, 2.24) is 35.8 Å². The van der Waals surface area contributed by atoms with Crippen molar-refractivity contribution < 1.29 is 9.47 Å². The molecule has 3 heterocycles. The summed E-state index contributed by atoms with van der Waals surface area (Å²) in [6.07, 6.45) is 7.42. The van der Waals surface area contributed by atoms with E-state index < -0.39 is 5.41 Å². The summed E-state index contributed by atoms with van der Waals surface area (Å²) in [5.74, 6) is 2.07. The van der Waals surface area contributed by atoms with Gasteiger partial charge in [-0.3, -0.25) is 0 Å². The Morgan fingerprint density at radius 3 is 2.70 bits per heavy atom. The van der Waals surface area contributed by atoms with Crippen LogP contribution in [0.25, 0.3) is 5.57 Å². The molecule has 2 fully saturated rings. The lowest BCUT2D eigenvalue weighted by atomic mass is 9.82. The Kier molecular flexibility index (Phi) is 12.0. The molecule has 3 N–H and O–H groups in total. The van der Waals surface area contributed by atoms with Crippen molar-refractivity contribution in [3.63, 3.8) is 0 Å². The number of anilines is 1. The van der Waals surface area contributed by atoms with E-state index >= 15 is 0 Å². The Morgan fingerprint density at radius 1 is 1.30 bits per heavy atom. The number of tetrazole rings is 1. The van der Waals surface area contributed by atoms with Crippen LogP contribution < -0.4 is 16.0 Å². The van der Waals surface area contributed by atoms with Gasteiger partial charge < -0.3 is 25.4 Å². The number of aryl methyl sites for hydroxylation is 1. The van der Waals surface area contributed by atoms with Crippen molar-refractivity contribution in [2.45, 2.75) is 77.1 Å². The third-order valence-corrected chi connectivity index (χ3v) is 8.25. The molecule has 2 aromatic rings. The summed E-state index contributed by atoms with van der Waals surface area (Å²) in [6, 6.07) is 9.18. The average Bonchev–Trinajstić information content (AvgIpc) is 3.43. The molecular formula is C30H43ClN10O2. The molecule has 1 aliphatic heterocycles. The number of nitrogens with one attached hydrogen (secondary N) is 3. The summed E-state index contributed by atoms with van der Waals surface area (Å²) in [5.41, 5.74) is 1.04. The zero-order valence-corrected chi connectivity index (χ0v) is 26.1. The molecule has 13 heteroatoms. The fraction of sp³-hybridized carbons (Fsp3) is 0.600. The van der Waals surface area contributed by atoms with Crippen molar-refractivity contribution in [2.24, 2.45) is 17.5 Å². The second-order valence-corrected chi connectivity index (χ2v) is 12.0. The number of ether oxygens (including phenoxy) is 2. The third kappa shape index (κ3) is 9.56. The van der Waals surface area contributed by atoms with Crippen molar-refractivity contribution in [1.29, 1.82) is 5.26 Å². The highest BCUT2D eigenvalue weighted by Crippen LogP contribution is 2.30. The highest BCUT2D eigenvalue weighted by Gasteiger charge is 2.32. The zero-order chi connectivity index (χ0) is 30.7. The molecule has 2 aromatic heterocycles. The molecule has 2 aliphatic rings. The summed E-state index contributed by atoms with van der Waals surface area (Å²) in [7, 11) is 1.80. The first-order valence-electron chi connectivity index (χ1n) is 14.9. The Bertz CT molecular complexity index is 1300. The molecule has 1 saturated carbocycles. The number of hydrogen-bond donors (Lipinski definition) is 3. The van der Waals surface area contributed by atoms with Crippen LogP contribution in [0.4, 0.5) is 5.82 Å². The van der Waals surface area contributed by atoms with Crippen molar-refractivity contribution >= 4 is 29.7 Å². The number of aromatic nitrogens is 5. The zero-order valence-electron chi connectivity index (χ0n) is 25.4. The van der Waals surface area contributed by atoms with E-state index in [1.54, 1.807) is 11.7 Å². The van der Waals surface area contributed by atoms with Crippen LogP contribution in [0.1, 0.15) is 63.9 Å². The SMILES string of the molecule is C=N/C(=C\C(=C(/C)Cl)c1cccc(NCC2(C#N)CCOCC2)n1)NC1CCC(N[C@H](C)COCc2nnnn2C)CC1. The minimum absolute atomic E-state index is 0.222. The first kappa shape index (κ1) is 32.5. The van der Waals surface area contributed by atoms with Gasteiger partial charge in [0.15, 0.2) is 5.82 Å². The molecule has 0 amide bonds. The van der Waals surface area contributed by atoms with Crippen LogP contribution in [0, 0.1) is 16.7 Å². The van der Waals surface area contributed by atoms with Crippen LogP contribution in [-0.2, 0) is 23.1 Å². The van der Waals surface area contributed by atoms with E-state index in [9.17, 15) is 5.26 Å². The van der Waals surface area contributed by atoms with Crippen LogP contribution in [0.5, 0.6) is 0 Å². The number of aliphatic imine (C=N–C) groups is 1. The summed E-state index contributed by atoms with van der Waals surface area (Å²) >= 11 is 6.56. The lowest BCUT2D eigenvalue weighted by Crippen LogP contribution is -2.44. The lowest BCUT2D eigenvalue weighted by Gasteiger charge is -2.32. The number of allylic oxidation sites excluding steroid dienone is 3. The monoisotopic (exact) mass is 610 g/mol. The molecule has 1 atom stereocenters. The van der Waals surface area contributed by atoms with Gasteiger partial charge in [-0.2, -0.15) is 5.26 Å². The molecule has 1 aliphatic carbocycles. The summed E-state index contributed by atoms with van der Waals surface area (Å²) < 4.78 is 12.9. The van der Waals surface area contributed by atoms with Gasteiger partial charge in [-0.25, -0.2) is 14.7 Å². The molecule has 0 spiro atoms. The fourth-order valence-corrected chi connectivity index (χ4v) is 5.57. The van der Waals surface area contributed by atoms with E-state index in [0.29, 0.717) is 74.4 Å². The number of nitriles is 1. The largest absolute Gasteiger partial charge is 0.381 e. The van der Waals surface area contributed by atoms with Crippen LogP contribution in [-0.4, -0.2) is 76.4 Å². The predicted octanol–water partition coefficient (Wildman–Crippen LogP) is 3.94. The molecule has 4 rings (SSSR count). The smallest absolute Gasteiger partial charge is 0.176 e. The van der Waals surface area contributed by atoms with E-state index in [1.807, 2.05) is 31.2 Å². The number of hydrogen-bond acceptors (Lipinski definition) is 11. The van der Waals surface area contributed by atoms with Gasteiger partial charge in [0.25, 0.3) is 0 Å². The van der Waals surface area contributed by atoms with Gasteiger partial charge in [-0.05, 0) is 87.7 Å². The number of pyridine rings is 1. The van der Waals surface area contributed by atoms with E-state index in [2.05, 4.69) is 56.2 Å². The van der Waals surface area contributed by atoms with E-state index in [4.69, 9.17) is 26.1 Å². The van der Waals surface area contributed by atoms with Gasteiger partial charge in [-0.15, -0.1) is 5.10 Å². The minimum Gasteiger partial charge on any atom is -0.381 e. The Labute approximate surface area is 259 Å². The predicted molar refractivity (Wildman–Crippen MR) is 167 cm³/mol. The maximum absolute atomic E-state index is 9.78. The Morgan fingerprint density at radius 2 is 2.05 bits per heavy atom. The molecular weight excluding hydrogens is 568 g/mol. The van der Waals surface area contributed by atoms with E-state index in [1.165, 1.54) is 0 Å². The van der Waals surface area contributed by atoms with Crippen LogP contribution in [0.3, 0.4) is 0 Å². The first-order valence-corrected chi connectivity index (χ1v) is 15.3. The molecule has 0 unspecified atom stereocenters. The fourth-order valence-electron chi connectivity index (χ4n) is 5.41. The van der Waals surface area contributed by atoms with Gasteiger partial charge in [0, 0.05) is 55.5 Å². The highest BCUT2D eigenvalue weighted by atomic mass is 35.5. The molecule has 1 saturated heterocycles. The molecule has 12 nitrogen and oxygen atoms in total. The van der Waals surface area contributed by atoms with Gasteiger partial charge >= 0.3 is 0 Å². The van der Waals surface area contributed by atoms with Crippen molar-refractivity contribution in [3.05, 3.63) is 46.6 Å². The van der Waals surface area contributed by atoms with E-state index in [0.717, 1.165) is 37.0 Å². The quantitative estimate of drug-likeness (QED) is 0.212. The van der Waals surface area contributed by atoms with Crippen LogP contribution in [0.15, 0.2) is 40.1 Å². The maximum Gasteiger partial charge on any atom is 0.176 e. The Balaban J connectivity index is 1.28. The van der Waals surface area contributed by atoms with E-state index in [-0.39, 0.29) is 12.1 Å². The highest BCUT2D eigenvalue weighted by molar-refractivity contribution is 6.32. The second-order valence-electron chi connectivity index (χ2n) is 11.4. The second kappa shape index (κ2) is 15.9. The maximum atomic E-state index is 9.78. The molecule has 232 valence electrons. The van der Waals surface area contributed by atoms with Gasteiger partial charge in [0.2, 0.25) is 0 Å². The molecule has 0 radical (unpaired) electrons. The lowest BCUT2D eigenvalue weighted by molar-refractivity contribution is 0.0455. The summed E-state index contributed by atoms with van der Waals surface area (Å²) in [4.78, 5) is 9.06. The standard InChI is InChI=1S/C30H43ClN10O2/c1-21(17-43-18-29-38-39-40-41(29)4)35-23-8-10-24(11-9-23)36-28(33-3)16-25(22(2)31)26-6-5-7-27(37-26)34-20-30(19-32)12-14-42-15-13-30/h5-7,16,21,23-24,35-36H,3,8-15,17-18,20H2,1-2,4H3,(H,34,37)/b25-22-,28-16+/t21-,23?,24?/m1/s1. The van der Waals surface area contributed by atoms with Crippen molar-refractivity contribution in [2.75, 3.05) is 31.7 Å². The van der Waals surface area contributed by atoms with Crippen LogP contribution in [0.2, 0.25) is 0 Å². The summed E-state index contributed by atoms with van der Waals surface area (Å²) in [5, 5.41) is 32.4. The topological polar surface area (TPSA) is 147 Å². The average molecular weight is 611 g/mol. The number of halogens is 1. The number of rotatable bonds is 14. The van der Waals surface area contributed by atoms with Gasteiger partial charge in [0.1, 0.15) is 18.2 Å². The summed E-state index contributed by atoms with van der Waals surface area (Å²) in [6.45, 7) is 10.5. The normalized spacial score (nSPS) is 21.8. The number of nitrogens with zero attached hydrogens (tertiary/aromatic N) is 7. The van der Waals surface area contributed by atoms with Crippen LogP contribution >= 0.6 is 11.6 Å². The minimum atomic E-state index is -0.448.